The van der Waals surface area contributed by atoms with Crippen molar-refractivity contribution in [3.8, 4) is 0 Å². The van der Waals surface area contributed by atoms with Crippen molar-refractivity contribution in [2.75, 3.05) is 77.2 Å². The van der Waals surface area contributed by atoms with Crippen LogP contribution < -0.4 is 0 Å². The Morgan fingerprint density at radius 3 is 1.56 bits per heavy atom. The van der Waals surface area contributed by atoms with Crippen LogP contribution in [0.15, 0.2) is 0 Å². The van der Waals surface area contributed by atoms with Gasteiger partial charge in [-0.15, -0.1) is 0 Å². The maximum atomic E-state index is 11.9. The second kappa shape index (κ2) is 8.22. The van der Waals surface area contributed by atoms with Gasteiger partial charge in [-0.25, -0.2) is 0 Å². The maximum Gasteiger partial charge on any atom is 0.0594 e. The van der Waals surface area contributed by atoms with Gasteiger partial charge in [-0.2, -0.15) is 0 Å². The van der Waals surface area contributed by atoms with E-state index in [4.69, 9.17) is 9.47 Å². The van der Waals surface area contributed by atoms with Gasteiger partial charge in [0.1, 0.15) is 0 Å². The van der Waals surface area contributed by atoms with Gasteiger partial charge in [0.05, 0.1) is 26.4 Å². The lowest BCUT2D eigenvalue weighted by Crippen LogP contribution is -2.40. The summed E-state index contributed by atoms with van der Waals surface area (Å²) in [7, 11) is -0.688. The van der Waals surface area contributed by atoms with E-state index in [1.807, 2.05) is 0 Å². The smallest absolute Gasteiger partial charge is 0.0594 e. The molecule has 6 heteroatoms. The fourth-order valence-electron chi connectivity index (χ4n) is 2.21. The third kappa shape index (κ3) is 5.32. The lowest BCUT2D eigenvalue weighted by molar-refractivity contribution is 0.0403. The summed E-state index contributed by atoms with van der Waals surface area (Å²) in [6, 6.07) is 0. The Labute approximate surface area is 112 Å². The van der Waals surface area contributed by atoms with Crippen LogP contribution >= 0.6 is 0 Å². The predicted octanol–water partition coefficient (Wildman–Crippen LogP) is -0.600. The zero-order valence-corrected chi connectivity index (χ0v) is 11.8. The molecule has 0 aromatic rings. The van der Waals surface area contributed by atoms with E-state index in [-0.39, 0.29) is 0 Å². The summed E-state index contributed by atoms with van der Waals surface area (Å²) < 4.78 is 22.5. The van der Waals surface area contributed by atoms with Crippen LogP contribution in [0, 0.1) is 0 Å². The van der Waals surface area contributed by atoms with E-state index in [0.717, 1.165) is 77.2 Å². The van der Waals surface area contributed by atoms with E-state index < -0.39 is 10.8 Å². The highest BCUT2D eigenvalue weighted by molar-refractivity contribution is 7.85. The van der Waals surface area contributed by atoms with Gasteiger partial charge < -0.3 is 9.47 Å². The lowest BCUT2D eigenvalue weighted by Gasteiger charge is -2.27. The van der Waals surface area contributed by atoms with Gasteiger partial charge in [-0.3, -0.25) is 14.0 Å². The Morgan fingerprint density at radius 1 is 0.778 bits per heavy atom. The molecule has 0 N–H and O–H groups in total. The van der Waals surface area contributed by atoms with Crippen molar-refractivity contribution >= 4 is 10.8 Å². The molecule has 0 bridgehead atoms. The van der Waals surface area contributed by atoms with Gasteiger partial charge in [-0.1, -0.05) is 0 Å². The fourth-order valence-corrected chi connectivity index (χ4v) is 3.34. The molecule has 2 aliphatic heterocycles. The van der Waals surface area contributed by atoms with E-state index >= 15 is 0 Å². The van der Waals surface area contributed by atoms with Crippen molar-refractivity contribution in [2.24, 2.45) is 0 Å². The van der Waals surface area contributed by atoms with Crippen LogP contribution in [0.25, 0.3) is 0 Å². The van der Waals surface area contributed by atoms with Crippen LogP contribution in [0.3, 0.4) is 0 Å². The molecule has 0 spiro atoms. The first-order valence-electron chi connectivity index (χ1n) is 6.80. The highest BCUT2D eigenvalue weighted by atomic mass is 32.2. The molecule has 2 fully saturated rings. The third-order valence-electron chi connectivity index (χ3n) is 3.48. The van der Waals surface area contributed by atoms with Gasteiger partial charge in [0, 0.05) is 61.6 Å². The Bertz CT molecular complexity index is 230. The third-order valence-corrected chi connectivity index (χ3v) is 4.75. The molecule has 106 valence electrons. The molecule has 0 aromatic carbocycles. The summed E-state index contributed by atoms with van der Waals surface area (Å²) in [5.74, 6) is 1.59. The average molecular weight is 276 g/mol. The van der Waals surface area contributed by atoms with Crippen molar-refractivity contribution < 1.29 is 13.7 Å². The second-order valence-corrected chi connectivity index (χ2v) is 6.45. The molecule has 0 aliphatic carbocycles. The number of rotatable bonds is 6. The van der Waals surface area contributed by atoms with Crippen molar-refractivity contribution in [1.29, 1.82) is 0 Å². The van der Waals surface area contributed by atoms with E-state index in [1.165, 1.54) is 0 Å². The zero-order valence-electron chi connectivity index (χ0n) is 11.0. The molecule has 2 aliphatic rings. The summed E-state index contributed by atoms with van der Waals surface area (Å²) in [5, 5.41) is 0. The van der Waals surface area contributed by atoms with Crippen LogP contribution in [0.5, 0.6) is 0 Å². The average Bonchev–Trinajstić information content (AvgIpc) is 2.45. The summed E-state index contributed by atoms with van der Waals surface area (Å²) in [5.41, 5.74) is 0. The van der Waals surface area contributed by atoms with Gasteiger partial charge in [0.25, 0.3) is 0 Å². The number of hydrogen-bond acceptors (Lipinski definition) is 5. The minimum absolute atomic E-state index is 0.688. The van der Waals surface area contributed by atoms with Gasteiger partial charge in [0.15, 0.2) is 0 Å². The van der Waals surface area contributed by atoms with E-state index in [2.05, 4.69) is 9.80 Å². The van der Waals surface area contributed by atoms with Crippen molar-refractivity contribution in [3.63, 3.8) is 0 Å². The molecule has 0 amide bonds. The predicted molar refractivity (Wildman–Crippen MR) is 72.4 cm³/mol. The van der Waals surface area contributed by atoms with E-state index in [0.29, 0.717) is 0 Å². The summed E-state index contributed by atoms with van der Waals surface area (Å²) in [6.07, 6.45) is 0. The number of ether oxygens (including phenoxy) is 2. The Morgan fingerprint density at radius 2 is 1.17 bits per heavy atom. The normalized spacial score (nSPS) is 23.6. The second-order valence-electron chi connectivity index (χ2n) is 4.76. The van der Waals surface area contributed by atoms with Gasteiger partial charge in [-0.05, 0) is 0 Å². The van der Waals surface area contributed by atoms with Crippen molar-refractivity contribution in [1.82, 2.24) is 9.80 Å². The minimum Gasteiger partial charge on any atom is -0.379 e. The van der Waals surface area contributed by atoms with Gasteiger partial charge in [0.2, 0.25) is 0 Å². The van der Waals surface area contributed by atoms with Crippen LogP contribution in [-0.2, 0) is 20.3 Å². The monoisotopic (exact) mass is 276 g/mol. The quantitative estimate of drug-likeness (QED) is 0.648. The summed E-state index contributed by atoms with van der Waals surface area (Å²) in [4.78, 5) is 4.69. The topological polar surface area (TPSA) is 42.0 Å². The molecule has 2 rings (SSSR count). The number of hydrogen-bond donors (Lipinski definition) is 0. The Kier molecular flexibility index (Phi) is 6.58. The molecule has 0 aromatic heterocycles. The molecule has 2 saturated heterocycles. The van der Waals surface area contributed by atoms with E-state index in [9.17, 15) is 4.21 Å². The van der Waals surface area contributed by atoms with Crippen LogP contribution in [0.2, 0.25) is 0 Å². The van der Waals surface area contributed by atoms with Crippen molar-refractivity contribution in [2.45, 2.75) is 0 Å². The number of nitrogens with zero attached hydrogens (tertiary/aromatic N) is 2. The van der Waals surface area contributed by atoms with Crippen LogP contribution in [0.4, 0.5) is 0 Å². The summed E-state index contributed by atoms with van der Waals surface area (Å²) >= 11 is 0. The first-order valence-corrected chi connectivity index (χ1v) is 8.28. The summed E-state index contributed by atoms with van der Waals surface area (Å²) in [6.45, 7) is 9.11. The van der Waals surface area contributed by atoms with Gasteiger partial charge >= 0.3 is 0 Å². The molecule has 5 nitrogen and oxygen atoms in total. The van der Waals surface area contributed by atoms with Crippen LogP contribution in [0.1, 0.15) is 0 Å². The first kappa shape index (κ1) is 14.4. The molecule has 0 unspecified atom stereocenters. The molecule has 2 heterocycles. The minimum atomic E-state index is -0.688. The zero-order chi connectivity index (χ0) is 12.6. The Hall–Kier alpha value is -0.0100. The SMILES string of the molecule is O=S(CCN1CCOCC1)CCN1CCOCC1. The fraction of sp³-hybridized carbons (Fsp3) is 1.00. The van der Waals surface area contributed by atoms with E-state index in [1.54, 1.807) is 0 Å². The standard InChI is InChI=1S/C12H24N2O3S/c15-18(11-5-13-1-7-16-8-2-13)12-6-14-3-9-17-10-4-14/h1-12H2. The maximum absolute atomic E-state index is 11.9. The molecular weight excluding hydrogens is 252 g/mol. The Balaban J connectivity index is 1.54. The first-order chi connectivity index (χ1) is 8.84. The lowest BCUT2D eigenvalue weighted by atomic mass is 10.4. The van der Waals surface area contributed by atoms with Crippen molar-refractivity contribution in [3.05, 3.63) is 0 Å². The number of morpholine rings is 2. The highest BCUT2D eigenvalue weighted by Gasteiger charge is 2.13. The molecular formula is C12H24N2O3S. The highest BCUT2D eigenvalue weighted by Crippen LogP contribution is 1.99. The molecule has 18 heavy (non-hydrogen) atoms. The molecule has 0 atom stereocenters. The molecule has 0 saturated carbocycles. The largest absolute Gasteiger partial charge is 0.379 e. The molecule has 0 radical (unpaired) electrons. The van der Waals surface area contributed by atoms with Crippen LogP contribution in [-0.4, -0.2) is 91.2 Å².